The molecule has 0 radical (unpaired) electrons. The second kappa shape index (κ2) is 6.61. The number of fused-ring (bicyclic) bond motifs is 1. The third-order valence-electron chi connectivity index (χ3n) is 5.16. The normalized spacial score (nSPS) is 22.4. The maximum absolute atomic E-state index is 12.0. The van der Waals surface area contributed by atoms with Crippen LogP contribution < -0.4 is 5.32 Å². The van der Waals surface area contributed by atoms with E-state index in [0.717, 1.165) is 31.8 Å². The Morgan fingerprint density at radius 1 is 1.29 bits per heavy atom. The molecule has 0 aromatic heterocycles. The third-order valence-corrected chi connectivity index (χ3v) is 5.16. The minimum Gasteiger partial charge on any atom is -0.355 e. The SMILES string of the molecule is CN1Cc2ccccc2CC1CNC(=O)CCC1CCC1. The molecule has 1 amide bonds. The Kier molecular flexibility index (Phi) is 4.59. The van der Waals surface area contributed by atoms with E-state index in [1.807, 2.05) is 0 Å². The fourth-order valence-electron chi connectivity index (χ4n) is 3.38. The molecule has 3 rings (SSSR count). The average molecular weight is 286 g/mol. The van der Waals surface area contributed by atoms with Crippen LogP contribution in [0.25, 0.3) is 0 Å². The van der Waals surface area contributed by atoms with Crippen LogP contribution in [0.4, 0.5) is 0 Å². The van der Waals surface area contributed by atoms with Crippen LogP contribution in [0.1, 0.15) is 43.2 Å². The van der Waals surface area contributed by atoms with E-state index in [2.05, 4.69) is 41.5 Å². The van der Waals surface area contributed by atoms with Gasteiger partial charge in [-0.1, -0.05) is 43.5 Å². The topological polar surface area (TPSA) is 32.3 Å². The molecular weight excluding hydrogens is 260 g/mol. The van der Waals surface area contributed by atoms with E-state index in [0.29, 0.717) is 12.5 Å². The summed E-state index contributed by atoms with van der Waals surface area (Å²) < 4.78 is 0. The summed E-state index contributed by atoms with van der Waals surface area (Å²) >= 11 is 0. The van der Waals surface area contributed by atoms with Crippen molar-refractivity contribution in [1.82, 2.24) is 10.2 Å². The van der Waals surface area contributed by atoms with Gasteiger partial charge in [0.25, 0.3) is 0 Å². The first-order chi connectivity index (χ1) is 10.2. The van der Waals surface area contributed by atoms with Crippen LogP contribution in [0.2, 0.25) is 0 Å². The van der Waals surface area contributed by atoms with Crippen LogP contribution in [0, 0.1) is 5.92 Å². The van der Waals surface area contributed by atoms with Crippen molar-refractivity contribution in [3.05, 3.63) is 35.4 Å². The van der Waals surface area contributed by atoms with Crippen LogP contribution in [0.15, 0.2) is 24.3 Å². The van der Waals surface area contributed by atoms with Crippen LogP contribution in [-0.4, -0.2) is 30.4 Å². The van der Waals surface area contributed by atoms with Crippen molar-refractivity contribution in [3.63, 3.8) is 0 Å². The number of hydrogen-bond donors (Lipinski definition) is 1. The van der Waals surface area contributed by atoms with Crippen LogP contribution in [-0.2, 0) is 17.8 Å². The van der Waals surface area contributed by atoms with Gasteiger partial charge < -0.3 is 5.32 Å². The third kappa shape index (κ3) is 3.65. The summed E-state index contributed by atoms with van der Waals surface area (Å²) in [6.07, 6.45) is 6.84. The summed E-state index contributed by atoms with van der Waals surface area (Å²) in [6, 6.07) is 9.06. The molecule has 1 aliphatic carbocycles. The molecule has 0 spiro atoms. The monoisotopic (exact) mass is 286 g/mol. The van der Waals surface area contributed by atoms with Gasteiger partial charge in [0.15, 0.2) is 0 Å². The van der Waals surface area contributed by atoms with Gasteiger partial charge in [0.2, 0.25) is 5.91 Å². The summed E-state index contributed by atoms with van der Waals surface area (Å²) in [5.41, 5.74) is 2.86. The Morgan fingerprint density at radius 2 is 2.05 bits per heavy atom. The number of carbonyl (C=O) groups is 1. The number of amides is 1. The molecule has 1 aliphatic heterocycles. The highest BCUT2D eigenvalue weighted by Crippen LogP contribution is 2.30. The van der Waals surface area contributed by atoms with Crippen LogP contribution >= 0.6 is 0 Å². The zero-order valence-corrected chi connectivity index (χ0v) is 13.0. The summed E-state index contributed by atoms with van der Waals surface area (Å²) in [5.74, 6) is 1.05. The lowest BCUT2D eigenvalue weighted by molar-refractivity contribution is -0.121. The fraction of sp³-hybridized carbons (Fsp3) is 0.611. The van der Waals surface area contributed by atoms with Gasteiger partial charge in [0.1, 0.15) is 0 Å². The summed E-state index contributed by atoms with van der Waals surface area (Å²) in [7, 11) is 2.15. The summed E-state index contributed by atoms with van der Waals surface area (Å²) in [5, 5.41) is 3.14. The molecule has 1 fully saturated rings. The molecule has 1 unspecified atom stereocenters. The number of carbonyl (C=O) groups excluding carboxylic acids is 1. The molecule has 0 saturated heterocycles. The molecule has 114 valence electrons. The van der Waals surface area contributed by atoms with Gasteiger partial charge in [0, 0.05) is 25.6 Å². The van der Waals surface area contributed by atoms with Gasteiger partial charge in [-0.05, 0) is 36.9 Å². The minimum absolute atomic E-state index is 0.231. The van der Waals surface area contributed by atoms with Crippen molar-refractivity contribution >= 4 is 5.91 Å². The molecule has 3 heteroatoms. The number of nitrogens with zero attached hydrogens (tertiary/aromatic N) is 1. The quantitative estimate of drug-likeness (QED) is 0.902. The van der Waals surface area contributed by atoms with Gasteiger partial charge in [-0.15, -0.1) is 0 Å². The van der Waals surface area contributed by atoms with Crippen LogP contribution in [0.3, 0.4) is 0 Å². The Labute approximate surface area is 127 Å². The highest BCUT2D eigenvalue weighted by Gasteiger charge is 2.23. The number of benzene rings is 1. The van der Waals surface area contributed by atoms with Crippen molar-refractivity contribution in [1.29, 1.82) is 0 Å². The number of rotatable bonds is 5. The van der Waals surface area contributed by atoms with E-state index < -0.39 is 0 Å². The molecule has 2 aliphatic rings. The van der Waals surface area contributed by atoms with Gasteiger partial charge in [-0.2, -0.15) is 0 Å². The Hall–Kier alpha value is -1.35. The Balaban J connectivity index is 1.45. The zero-order valence-electron chi connectivity index (χ0n) is 13.0. The number of hydrogen-bond acceptors (Lipinski definition) is 2. The van der Waals surface area contributed by atoms with E-state index in [1.165, 1.54) is 30.4 Å². The molecule has 3 nitrogen and oxygen atoms in total. The van der Waals surface area contributed by atoms with E-state index in [9.17, 15) is 4.79 Å². The summed E-state index contributed by atoms with van der Waals surface area (Å²) in [4.78, 5) is 14.3. The van der Waals surface area contributed by atoms with Crippen molar-refractivity contribution < 1.29 is 4.79 Å². The van der Waals surface area contributed by atoms with Gasteiger partial charge in [0.05, 0.1) is 0 Å². The molecule has 1 saturated carbocycles. The molecule has 0 bridgehead atoms. The zero-order chi connectivity index (χ0) is 14.7. The predicted octanol–water partition coefficient (Wildman–Crippen LogP) is 2.74. The summed E-state index contributed by atoms with van der Waals surface area (Å²) in [6.45, 7) is 1.76. The molecule has 21 heavy (non-hydrogen) atoms. The number of likely N-dealkylation sites (N-methyl/N-ethyl adjacent to an activating group) is 1. The highest BCUT2D eigenvalue weighted by molar-refractivity contribution is 5.75. The van der Waals surface area contributed by atoms with E-state index in [-0.39, 0.29) is 5.91 Å². The smallest absolute Gasteiger partial charge is 0.220 e. The minimum atomic E-state index is 0.231. The fourth-order valence-corrected chi connectivity index (χ4v) is 3.38. The molecule has 1 heterocycles. The average Bonchev–Trinajstić information content (AvgIpc) is 2.43. The Morgan fingerprint density at radius 3 is 2.76 bits per heavy atom. The number of nitrogens with one attached hydrogen (secondary N) is 1. The van der Waals surface area contributed by atoms with Crippen molar-refractivity contribution in [2.24, 2.45) is 5.92 Å². The second-order valence-electron chi connectivity index (χ2n) is 6.68. The van der Waals surface area contributed by atoms with E-state index in [1.54, 1.807) is 0 Å². The molecule has 1 aromatic rings. The van der Waals surface area contributed by atoms with Crippen molar-refractivity contribution in [3.8, 4) is 0 Å². The van der Waals surface area contributed by atoms with Gasteiger partial charge in [-0.25, -0.2) is 0 Å². The molecule has 1 aromatic carbocycles. The first kappa shape index (κ1) is 14.6. The second-order valence-corrected chi connectivity index (χ2v) is 6.68. The van der Waals surface area contributed by atoms with Crippen molar-refractivity contribution in [2.75, 3.05) is 13.6 Å². The maximum atomic E-state index is 12.0. The van der Waals surface area contributed by atoms with Gasteiger partial charge >= 0.3 is 0 Å². The Bertz CT molecular complexity index is 496. The maximum Gasteiger partial charge on any atom is 0.220 e. The molecule has 1 N–H and O–H groups in total. The lowest BCUT2D eigenvalue weighted by Crippen LogP contribution is -2.45. The van der Waals surface area contributed by atoms with E-state index >= 15 is 0 Å². The van der Waals surface area contributed by atoms with E-state index in [4.69, 9.17) is 0 Å². The first-order valence-electron chi connectivity index (χ1n) is 8.26. The van der Waals surface area contributed by atoms with Crippen molar-refractivity contribution in [2.45, 2.75) is 51.1 Å². The molecule has 1 atom stereocenters. The lowest BCUT2D eigenvalue weighted by atomic mass is 9.82. The van der Waals surface area contributed by atoms with Gasteiger partial charge in [-0.3, -0.25) is 9.69 Å². The standard InChI is InChI=1S/C18H26N2O/c1-20-13-16-8-3-2-7-15(16)11-17(20)12-19-18(21)10-9-14-5-4-6-14/h2-3,7-8,14,17H,4-6,9-13H2,1H3,(H,19,21). The highest BCUT2D eigenvalue weighted by atomic mass is 16.1. The predicted molar refractivity (Wildman–Crippen MR) is 85.0 cm³/mol. The molecular formula is C18H26N2O. The largest absolute Gasteiger partial charge is 0.355 e. The van der Waals surface area contributed by atoms with Crippen LogP contribution in [0.5, 0.6) is 0 Å². The first-order valence-corrected chi connectivity index (χ1v) is 8.26. The lowest BCUT2D eigenvalue weighted by Gasteiger charge is -2.34.